The first kappa shape index (κ1) is 12.3. The predicted molar refractivity (Wildman–Crippen MR) is 73.5 cm³/mol. The van der Waals surface area contributed by atoms with Crippen molar-refractivity contribution < 1.29 is 0 Å². The molecule has 0 aliphatic rings. The number of hydrogen-bond donors (Lipinski definition) is 1. The first-order valence-electron chi connectivity index (χ1n) is 5.97. The molecular weight excluding hydrogens is 228 g/mol. The quantitative estimate of drug-likeness (QED) is 0.881. The number of aryl methyl sites for hydroxylation is 2. The average Bonchev–Trinajstić information content (AvgIpc) is 2.77. The van der Waals surface area contributed by atoms with E-state index in [-0.39, 0.29) is 0 Å². The zero-order chi connectivity index (χ0) is 12.1. The highest BCUT2D eigenvalue weighted by Crippen LogP contribution is 2.18. The third-order valence-electron chi connectivity index (χ3n) is 2.70. The summed E-state index contributed by atoms with van der Waals surface area (Å²) < 4.78 is 0. The molecule has 0 saturated carbocycles. The number of nitrogens with two attached hydrogens (primary N) is 1. The van der Waals surface area contributed by atoms with Crippen molar-refractivity contribution in [2.45, 2.75) is 26.2 Å². The lowest BCUT2D eigenvalue weighted by atomic mass is 10.1. The molecule has 0 amide bonds. The fraction of sp³-hybridized carbons (Fsp3) is 0.357. The normalized spacial score (nSPS) is 10.7. The maximum atomic E-state index is 5.51. The van der Waals surface area contributed by atoms with Gasteiger partial charge in [-0.05, 0) is 31.9 Å². The van der Waals surface area contributed by atoms with E-state index in [0.717, 1.165) is 25.8 Å². The Kier molecular flexibility index (Phi) is 4.29. The number of nitrogens with zero attached hydrogens (tertiary/aromatic N) is 1. The Morgan fingerprint density at radius 3 is 2.71 bits per heavy atom. The number of benzene rings is 1. The van der Waals surface area contributed by atoms with Gasteiger partial charge in [0.25, 0.3) is 0 Å². The van der Waals surface area contributed by atoms with E-state index in [1.807, 2.05) is 6.20 Å². The molecule has 0 radical (unpaired) electrons. The summed E-state index contributed by atoms with van der Waals surface area (Å²) in [7, 11) is 0. The van der Waals surface area contributed by atoms with Crippen LogP contribution in [0.2, 0.25) is 0 Å². The summed E-state index contributed by atoms with van der Waals surface area (Å²) in [6, 6.07) is 8.66. The molecule has 0 aliphatic heterocycles. The van der Waals surface area contributed by atoms with Crippen molar-refractivity contribution in [2.24, 2.45) is 5.73 Å². The van der Waals surface area contributed by atoms with E-state index in [4.69, 9.17) is 5.73 Å². The van der Waals surface area contributed by atoms with Crippen LogP contribution < -0.4 is 5.73 Å². The van der Waals surface area contributed by atoms with Crippen LogP contribution in [0.1, 0.15) is 27.4 Å². The largest absolute Gasteiger partial charge is 0.330 e. The van der Waals surface area contributed by atoms with E-state index in [1.54, 1.807) is 11.3 Å². The van der Waals surface area contributed by atoms with Crippen molar-refractivity contribution in [1.29, 1.82) is 0 Å². The molecule has 1 aromatic carbocycles. The lowest BCUT2D eigenvalue weighted by Crippen LogP contribution is -1.99. The minimum Gasteiger partial charge on any atom is -0.330 e. The second-order valence-electron chi connectivity index (χ2n) is 4.27. The molecule has 0 spiro atoms. The maximum Gasteiger partial charge on any atom is 0.0971 e. The second kappa shape index (κ2) is 5.94. The molecule has 2 aromatic rings. The molecule has 2 N–H and O–H groups in total. The summed E-state index contributed by atoms with van der Waals surface area (Å²) in [6.45, 7) is 2.86. The summed E-state index contributed by atoms with van der Waals surface area (Å²) in [4.78, 5) is 5.81. The third kappa shape index (κ3) is 3.65. The molecule has 2 nitrogen and oxygen atoms in total. The van der Waals surface area contributed by atoms with Crippen molar-refractivity contribution in [3.05, 3.63) is 51.5 Å². The molecule has 90 valence electrons. The van der Waals surface area contributed by atoms with E-state index < -0.39 is 0 Å². The summed E-state index contributed by atoms with van der Waals surface area (Å²) in [6.07, 6.45) is 5.03. The maximum absolute atomic E-state index is 5.51. The van der Waals surface area contributed by atoms with Crippen molar-refractivity contribution in [3.63, 3.8) is 0 Å². The Morgan fingerprint density at radius 2 is 2.00 bits per heavy atom. The molecule has 0 saturated heterocycles. The monoisotopic (exact) mass is 246 g/mol. The fourth-order valence-electron chi connectivity index (χ4n) is 1.70. The predicted octanol–water partition coefficient (Wildman–Crippen LogP) is 2.93. The molecule has 0 bridgehead atoms. The van der Waals surface area contributed by atoms with Crippen LogP contribution in [0.15, 0.2) is 30.5 Å². The summed E-state index contributed by atoms with van der Waals surface area (Å²) in [5.74, 6) is 0. The molecular formula is C14H18N2S. The van der Waals surface area contributed by atoms with Crippen molar-refractivity contribution >= 4 is 11.3 Å². The van der Waals surface area contributed by atoms with Gasteiger partial charge in [0, 0.05) is 17.5 Å². The highest BCUT2D eigenvalue weighted by atomic mass is 32.1. The van der Waals surface area contributed by atoms with Crippen LogP contribution in [0.25, 0.3) is 0 Å². The van der Waals surface area contributed by atoms with Crippen LogP contribution in [0.5, 0.6) is 0 Å². The van der Waals surface area contributed by atoms with Crippen molar-refractivity contribution in [2.75, 3.05) is 6.54 Å². The van der Waals surface area contributed by atoms with Gasteiger partial charge >= 0.3 is 0 Å². The average molecular weight is 246 g/mol. The van der Waals surface area contributed by atoms with E-state index in [0.29, 0.717) is 0 Å². The summed E-state index contributed by atoms with van der Waals surface area (Å²) in [5.41, 5.74) is 8.14. The Bertz CT molecular complexity index is 459. The molecule has 1 heterocycles. The molecule has 0 unspecified atom stereocenters. The first-order chi connectivity index (χ1) is 8.28. The fourth-order valence-corrected chi connectivity index (χ4v) is 2.70. The smallest absolute Gasteiger partial charge is 0.0971 e. The van der Waals surface area contributed by atoms with Gasteiger partial charge in [0.1, 0.15) is 0 Å². The van der Waals surface area contributed by atoms with E-state index >= 15 is 0 Å². The van der Waals surface area contributed by atoms with Crippen LogP contribution >= 0.6 is 11.3 Å². The molecule has 0 atom stereocenters. The number of thiazole rings is 1. The topological polar surface area (TPSA) is 38.9 Å². The van der Waals surface area contributed by atoms with Gasteiger partial charge in [-0.25, -0.2) is 4.98 Å². The molecule has 2 rings (SSSR count). The molecule has 1 aromatic heterocycles. The summed E-state index contributed by atoms with van der Waals surface area (Å²) >= 11 is 1.81. The minimum atomic E-state index is 0.755. The van der Waals surface area contributed by atoms with Gasteiger partial charge in [-0.15, -0.1) is 11.3 Å². The molecule has 0 aliphatic carbocycles. The third-order valence-corrected chi connectivity index (χ3v) is 3.76. The number of hydrogen-bond acceptors (Lipinski definition) is 3. The second-order valence-corrected chi connectivity index (χ2v) is 5.47. The highest BCUT2D eigenvalue weighted by molar-refractivity contribution is 7.11. The molecule has 0 fully saturated rings. The van der Waals surface area contributed by atoms with Gasteiger partial charge in [0.15, 0.2) is 0 Å². The minimum absolute atomic E-state index is 0.755. The van der Waals surface area contributed by atoms with Crippen LogP contribution in [0, 0.1) is 6.92 Å². The first-order valence-corrected chi connectivity index (χ1v) is 6.79. The van der Waals surface area contributed by atoms with Gasteiger partial charge in [-0.1, -0.05) is 29.8 Å². The van der Waals surface area contributed by atoms with Gasteiger partial charge < -0.3 is 5.73 Å². The highest BCUT2D eigenvalue weighted by Gasteiger charge is 2.03. The van der Waals surface area contributed by atoms with Crippen LogP contribution in [-0.4, -0.2) is 11.5 Å². The standard InChI is InChI=1S/C14H18N2S/c1-11-4-6-12(7-5-11)9-14-16-10-13(17-14)3-2-8-15/h4-7,10H,2-3,8-9,15H2,1H3. The number of aromatic nitrogens is 1. The molecule has 17 heavy (non-hydrogen) atoms. The van der Waals surface area contributed by atoms with Crippen molar-refractivity contribution in [1.82, 2.24) is 4.98 Å². The van der Waals surface area contributed by atoms with Crippen LogP contribution in [0.3, 0.4) is 0 Å². The lowest BCUT2D eigenvalue weighted by molar-refractivity contribution is 0.841. The zero-order valence-electron chi connectivity index (χ0n) is 10.1. The Morgan fingerprint density at radius 1 is 1.24 bits per heavy atom. The Balaban J connectivity index is 1.98. The SMILES string of the molecule is Cc1ccc(Cc2ncc(CCCN)s2)cc1. The van der Waals surface area contributed by atoms with Crippen LogP contribution in [-0.2, 0) is 12.8 Å². The Hall–Kier alpha value is -1.19. The Labute approximate surface area is 107 Å². The van der Waals surface area contributed by atoms with Gasteiger partial charge in [-0.3, -0.25) is 0 Å². The lowest BCUT2D eigenvalue weighted by Gasteiger charge is -1.98. The molecule has 3 heteroatoms. The van der Waals surface area contributed by atoms with Gasteiger partial charge in [-0.2, -0.15) is 0 Å². The van der Waals surface area contributed by atoms with E-state index in [2.05, 4.69) is 36.2 Å². The van der Waals surface area contributed by atoms with Gasteiger partial charge in [0.05, 0.1) is 5.01 Å². The van der Waals surface area contributed by atoms with Crippen LogP contribution in [0.4, 0.5) is 0 Å². The van der Waals surface area contributed by atoms with Crippen molar-refractivity contribution in [3.8, 4) is 0 Å². The zero-order valence-corrected chi connectivity index (χ0v) is 11.0. The summed E-state index contributed by atoms with van der Waals surface area (Å²) in [5, 5.41) is 1.20. The van der Waals surface area contributed by atoms with Gasteiger partial charge in [0.2, 0.25) is 0 Å². The number of rotatable bonds is 5. The van der Waals surface area contributed by atoms with E-state index in [1.165, 1.54) is 21.0 Å². The van der Waals surface area contributed by atoms with E-state index in [9.17, 15) is 0 Å².